The molecule has 0 aliphatic carbocycles. The first-order valence-electron chi connectivity index (χ1n) is 7.35. The summed E-state index contributed by atoms with van der Waals surface area (Å²) in [6.45, 7) is 6.55. The lowest BCUT2D eigenvalue weighted by Gasteiger charge is -2.17. The Bertz CT molecular complexity index is 789. The van der Waals surface area contributed by atoms with Gasteiger partial charge in [-0.3, -0.25) is 0 Å². The van der Waals surface area contributed by atoms with Crippen molar-refractivity contribution < 1.29 is 0 Å². The largest absolute Gasteiger partial charge is 0.321 e. The first-order valence-corrected chi connectivity index (χ1v) is 7.73. The fraction of sp³-hybridized carbons (Fsp3) is 0.278. The monoisotopic (exact) mass is 298 g/mol. The molecule has 0 aliphatic heterocycles. The second-order valence-corrected chi connectivity index (χ2v) is 5.95. The van der Waals surface area contributed by atoms with E-state index in [-0.39, 0.29) is 0 Å². The molecule has 1 aromatic heterocycles. The van der Waals surface area contributed by atoms with Gasteiger partial charge in [-0.15, -0.1) is 0 Å². The van der Waals surface area contributed by atoms with Gasteiger partial charge in [-0.05, 0) is 44.0 Å². The number of imidazole rings is 1. The van der Waals surface area contributed by atoms with E-state index in [2.05, 4.69) is 49.6 Å². The number of nitrogens with zero attached hydrogens (tertiary/aromatic N) is 2. The highest BCUT2D eigenvalue weighted by Crippen LogP contribution is 2.32. The number of benzene rings is 2. The fourth-order valence-corrected chi connectivity index (χ4v) is 2.88. The molecule has 0 radical (unpaired) electrons. The third kappa shape index (κ3) is 2.44. The molecule has 0 spiro atoms. The first kappa shape index (κ1) is 14.2. The Kier molecular flexibility index (Phi) is 3.73. The molecule has 0 amide bonds. The predicted octanol–water partition coefficient (Wildman–Crippen LogP) is 5.64. The molecule has 21 heavy (non-hydrogen) atoms. The van der Waals surface area contributed by atoms with Crippen molar-refractivity contribution in [2.45, 2.75) is 33.2 Å². The summed E-state index contributed by atoms with van der Waals surface area (Å²) < 4.78 is 2.31. The van der Waals surface area contributed by atoms with E-state index in [1.165, 1.54) is 11.1 Å². The molecule has 3 aromatic rings. The number of aryl methyl sites for hydroxylation is 1. The third-order valence-electron chi connectivity index (χ3n) is 4.07. The highest BCUT2D eigenvalue weighted by molar-refractivity contribution is 6.31. The van der Waals surface area contributed by atoms with Crippen LogP contribution in [-0.4, -0.2) is 9.55 Å². The van der Waals surface area contributed by atoms with Crippen molar-refractivity contribution in [1.82, 2.24) is 9.55 Å². The van der Waals surface area contributed by atoms with Gasteiger partial charge in [-0.25, -0.2) is 4.98 Å². The van der Waals surface area contributed by atoms with E-state index in [0.29, 0.717) is 6.04 Å². The van der Waals surface area contributed by atoms with Gasteiger partial charge in [-0.1, -0.05) is 42.8 Å². The van der Waals surface area contributed by atoms with Crippen molar-refractivity contribution in [3.05, 3.63) is 53.1 Å². The number of halogens is 1. The predicted molar refractivity (Wildman–Crippen MR) is 89.9 cm³/mol. The van der Waals surface area contributed by atoms with Crippen LogP contribution < -0.4 is 0 Å². The molecule has 3 heteroatoms. The minimum absolute atomic E-state index is 0.378. The number of rotatable bonds is 3. The lowest BCUT2D eigenvalue weighted by Crippen LogP contribution is -2.06. The lowest BCUT2D eigenvalue weighted by molar-refractivity contribution is 0.550. The summed E-state index contributed by atoms with van der Waals surface area (Å²) in [4.78, 5) is 4.86. The van der Waals surface area contributed by atoms with E-state index in [4.69, 9.17) is 16.6 Å². The van der Waals surface area contributed by atoms with E-state index < -0.39 is 0 Å². The lowest BCUT2D eigenvalue weighted by atomic mass is 10.1. The van der Waals surface area contributed by atoms with Gasteiger partial charge in [0.05, 0.1) is 11.0 Å². The number of fused-ring (bicyclic) bond motifs is 1. The Morgan fingerprint density at radius 2 is 1.95 bits per heavy atom. The van der Waals surface area contributed by atoms with Crippen LogP contribution in [-0.2, 0) is 0 Å². The van der Waals surface area contributed by atoms with Crippen LogP contribution in [0.25, 0.3) is 22.4 Å². The molecule has 2 nitrogen and oxygen atoms in total. The standard InChI is InChI=1S/C18H19ClN2/c1-4-13(3)21-17-11-14(19)9-10-16(17)20-18(21)15-8-6-5-7-12(15)2/h5-11,13H,4H2,1-3H3. The van der Waals surface area contributed by atoms with Crippen LogP contribution in [0.15, 0.2) is 42.5 Å². The van der Waals surface area contributed by atoms with E-state index >= 15 is 0 Å². The van der Waals surface area contributed by atoms with Gasteiger partial charge < -0.3 is 4.57 Å². The van der Waals surface area contributed by atoms with Crippen molar-refractivity contribution in [3.8, 4) is 11.4 Å². The summed E-state index contributed by atoms with van der Waals surface area (Å²) in [5.41, 5.74) is 4.53. The Morgan fingerprint density at radius 3 is 2.67 bits per heavy atom. The summed E-state index contributed by atoms with van der Waals surface area (Å²) in [7, 11) is 0. The van der Waals surface area contributed by atoms with Crippen LogP contribution in [0.4, 0.5) is 0 Å². The Hall–Kier alpha value is -1.80. The first-order chi connectivity index (χ1) is 10.1. The Labute approximate surface area is 130 Å². The van der Waals surface area contributed by atoms with Crippen molar-refractivity contribution in [2.24, 2.45) is 0 Å². The summed E-state index contributed by atoms with van der Waals surface area (Å²) >= 11 is 6.18. The number of hydrogen-bond donors (Lipinski definition) is 0. The number of aromatic nitrogens is 2. The van der Waals surface area contributed by atoms with Gasteiger partial charge in [0.15, 0.2) is 0 Å². The maximum atomic E-state index is 6.18. The zero-order chi connectivity index (χ0) is 15.0. The molecule has 1 heterocycles. The van der Waals surface area contributed by atoms with Crippen LogP contribution in [0.2, 0.25) is 5.02 Å². The molecule has 0 N–H and O–H groups in total. The molecule has 0 bridgehead atoms. The van der Waals surface area contributed by atoms with Crippen LogP contribution in [0.1, 0.15) is 31.9 Å². The molecule has 2 aromatic carbocycles. The molecule has 1 atom stereocenters. The molecule has 0 aliphatic rings. The molecule has 0 saturated carbocycles. The average Bonchev–Trinajstić information content (AvgIpc) is 2.85. The number of hydrogen-bond acceptors (Lipinski definition) is 1. The average molecular weight is 299 g/mol. The van der Waals surface area contributed by atoms with Gasteiger partial charge >= 0.3 is 0 Å². The summed E-state index contributed by atoms with van der Waals surface area (Å²) in [6.07, 6.45) is 1.05. The zero-order valence-corrected chi connectivity index (χ0v) is 13.4. The van der Waals surface area contributed by atoms with Crippen molar-refractivity contribution in [3.63, 3.8) is 0 Å². The maximum Gasteiger partial charge on any atom is 0.141 e. The van der Waals surface area contributed by atoms with Crippen LogP contribution in [0, 0.1) is 6.92 Å². The van der Waals surface area contributed by atoms with Gasteiger partial charge in [0.25, 0.3) is 0 Å². The van der Waals surface area contributed by atoms with Gasteiger partial charge in [0, 0.05) is 16.6 Å². The maximum absolute atomic E-state index is 6.18. The molecular formula is C18H19ClN2. The van der Waals surface area contributed by atoms with Gasteiger partial charge in [0.2, 0.25) is 0 Å². The Balaban J connectivity index is 2.34. The molecular weight excluding hydrogens is 280 g/mol. The highest BCUT2D eigenvalue weighted by atomic mass is 35.5. The SMILES string of the molecule is CCC(C)n1c(-c2ccccc2C)nc2ccc(Cl)cc21. The van der Waals surface area contributed by atoms with Crippen LogP contribution in [0.5, 0.6) is 0 Å². The normalized spacial score (nSPS) is 12.8. The molecule has 0 fully saturated rings. The van der Waals surface area contributed by atoms with E-state index in [9.17, 15) is 0 Å². The van der Waals surface area contributed by atoms with E-state index in [0.717, 1.165) is 28.3 Å². The fourth-order valence-electron chi connectivity index (χ4n) is 2.71. The van der Waals surface area contributed by atoms with Crippen molar-refractivity contribution >= 4 is 22.6 Å². The van der Waals surface area contributed by atoms with Gasteiger partial charge in [-0.2, -0.15) is 0 Å². The zero-order valence-electron chi connectivity index (χ0n) is 12.6. The molecule has 0 saturated heterocycles. The topological polar surface area (TPSA) is 17.8 Å². The highest BCUT2D eigenvalue weighted by Gasteiger charge is 2.17. The smallest absolute Gasteiger partial charge is 0.141 e. The quantitative estimate of drug-likeness (QED) is 0.612. The summed E-state index contributed by atoms with van der Waals surface area (Å²) in [5.74, 6) is 1.03. The van der Waals surface area contributed by atoms with Crippen molar-refractivity contribution in [1.29, 1.82) is 0 Å². The van der Waals surface area contributed by atoms with E-state index in [1.807, 2.05) is 18.2 Å². The third-order valence-corrected chi connectivity index (χ3v) is 4.30. The molecule has 108 valence electrons. The summed E-state index contributed by atoms with van der Waals surface area (Å²) in [6, 6.07) is 14.7. The second-order valence-electron chi connectivity index (χ2n) is 5.51. The second kappa shape index (κ2) is 5.53. The minimum atomic E-state index is 0.378. The Morgan fingerprint density at radius 1 is 1.19 bits per heavy atom. The van der Waals surface area contributed by atoms with Crippen LogP contribution >= 0.6 is 11.6 Å². The van der Waals surface area contributed by atoms with Crippen LogP contribution in [0.3, 0.4) is 0 Å². The van der Waals surface area contributed by atoms with Crippen molar-refractivity contribution in [2.75, 3.05) is 0 Å². The molecule has 1 unspecified atom stereocenters. The van der Waals surface area contributed by atoms with E-state index in [1.54, 1.807) is 0 Å². The molecule has 3 rings (SSSR count). The minimum Gasteiger partial charge on any atom is -0.321 e. The van der Waals surface area contributed by atoms with Gasteiger partial charge in [0.1, 0.15) is 5.82 Å². The summed E-state index contributed by atoms with van der Waals surface area (Å²) in [5, 5.41) is 0.753.